The highest BCUT2D eigenvalue weighted by atomic mass is 35.6. The summed E-state index contributed by atoms with van der Waals surface area (Å²) < 4.78 is 5.22. The van der Waals surface area contributed by atoms with Crippen molar-refractivity contribution in [1.82, 2.24) is 20.1 Å². The maximum Gasteiger partial charge on any atom is 0.414 e. The van der Waals surface area contributed by atoms with Gasteiger partial charge in [-0.2, -0.15) is 9.78 Å². The summed E-state index contributed by atoms with van der Waals surface area (Å²) in [5.41, 5.74) is 1.20. The fourth-order valence-electron chi connectivity index (χ4n) is 1.77. The van der Waals surface area contributed by atoms with Gasteiger partial charge in [-0.15, -0.1) is 0 Å². The highest BCUT2D eigenvalue weighted by molar-refractivity contribution is 6.67. The van der Waals surface area contributed by atoms with Gasteiger partial charge in [-0.3, -0.25) is 4.98 Å². The van der Waals surface area contributed by atoms with Gasteiger partial charge < -0.3 is 10.1 Å². The number of carbonyl (C=O) groups excluding carboxylic acids is 1. The summed E-state index contributed by atoms with van der Waals surface area (Å²) in [6, 6.07) is 5.26. The summed E-state index contributed by atoms with van der Waals surface area (Å²) >= 11 is 16.8. The first kappa shape index (κ1) is 18.8. The average Bonchev–Trinajstić information content (AvgIpc) is 2.89. The molecule has 0 radical (unpaired) electrons. The van der Waals surface area contributed by atoms with E-state index in [-0.39, 0.29) is 17.8 Å². The molecule has 0 atom stereocenters. The Morgan fingerprint density at radius 1 is 1.33 bits per heavy atom. The van der Waals surface area contributed by atoms with Gasteiger partial charge >= 0.3 is 6.09 Å². The van der Waals surface area contributed by atoms with Crippen molar-refractivity contribution < 1.29 is 9.53 Å². The van der Waals surface area contributed by atoms with Crippen LogP contribution < -0.4 is 10.1 Å². The fourth-order valence-corrected chi connectivity index (χ4v) is 1.97. The van der Waals surface area contributed by atoms with Crippen molar-refractivity contribution in [2.24, 2.45) is 0 Å². The maximum absolute atomic E-state index is 11.9. The summed E-state index contributed by atoms with van der Waals surface area (Å²) in [6.07, 6.45) is 2.52. The van der Waals surface area contributed by atoms with Gasteiger partial charge in [0.15, 0.2) is 0 Å². The van der Waals surface area contributed by atoms with Crippen molar-refractivity contribution in [3.8, 4) is 11.6 Å². The molecule has 9 heteroatoms. The lowest BCUT2D eigenvalue weighted by atomic mass is 9.93. The molecule has 130 valence electrons. The molecular weight excluding hydrogens is 375 g/mol. The van der Waals surface area contributed by atoms with Crippen molar-refractivity contribution in [3.05, 3.63) is 36.3 Å². The van der Waals surface area contributed by atoms with Crippen LogP contribution in [0.15, 0.2) is 30.6 Å². The number of nitrogens with zero attached hydrogens (tertiary/aromatic N) is 3. The molecule has 0 unspecified atom stereocenters. The van der Waals surface area contributed by atoms with E-state index in [0.717, 1.165) is 5.69 Å². The second-order valence-corrected chi connectivity index (χ2v) is 8.62. The molecule has 0 fully saturated rings. The van der Waals surface area contributed by atoms with E-state index in [4.69, 9.17) is 39.5 Å². The van der Waals surface area contributed by atoms with E-state index in [9.17, 15) is 4.79 Å². The lowest BCUT2D eigenvalue weighted by molar-refractivity contribution is 0.197. The highest BCUT2D eigenvalue weighted by Gasteiger charge is 2.24. The van der Waals surface area contributed by atoms with Crippen LogP contribution in [0.3, 0.4) is 0 Å². The van der Waals surface area contributed by atoms with Crippen LogP contribution in [0.1, 0.15) is 26.5 Å². The first-order chi connectivity index (χ1) is 11.1. The predicted molar refractivity (Wildman–Crippen MR) is 94.4 cm³/mol. The zero-order valence-corrected chi connectivity index (χ0v) is 15.7. The number of rotatable bonds is 3. The summed E-state index contributed by atoms with van der Waals surface area (Å²) in [5, 5.41) is 6.89. The number of nitrogens with one attached hydrogen (secondary N) is 1. The minimum absolute atomic E-state index is 0.177. The second kappa shape index (κ2) is 7.17. The molecule has 1 amide bonds. The zero-order valence-electron chi connectivity index (χ0n) is 13.4. The maximum atomic E-state index is 11.9. The smallest absolute Gasteiger partial charge is 0.391 e. The Hall–Kier alpha value is -1.50. The molecule has 0 spiro atoms. The first-order valence-electron chi connectivity index (χ1n) is 7.10. The van der Waals surface area contributed by atoms with Gasteiger partial charge in [-0.25, -0.2) is 4.79 Å². The molecule has 0 aliphatic carbocycles. The van der Waals surface area contributed by atoms with Gasteiger partial charge in [-0.1, -0.05) is 55.6 Å². The molecule has 0 aliphatic heterocycles. The molecular formula is C15H17Cl3N4O2. The summed E-state index contributed by atoms with van der Waals surface area (Å²) in [4.78, 5) is 16.0. The van der Waals surface area contributed by atoms with Gasteiger partial charge in [0.2, 0.25) is 9.67 Å². The van der Waals surface area contributed by atoms with Gasteiger partial charge in [0.05, 0.1) is 24.1 Å². The van der Waals surface area contributed by atoms with E-state index in [1.54, 1.807) is 30.6 Å². The van der Waals surface area contributed by atoms with Gasteiger partial charge in [0.25, 0.3) is 0 Å². The molecule has 0 aromatic carbocycles. The molecule has 2 heterocycles. The number of hydrogen-bond donors (Lipinski definition) is 1. The highest BCUT2D eigenvalue weighted by Crippen LogP contribution is 2.28. The third kappa shape index (κ3) is 5.26. The normalized spacial score (nSPS) is 12.1. The van der Waals surface area contributed by atoms with E-state index >= 15 is 0 Å². The fraction of sp³-hybridized carbons (Fsp3) is 0.400. The van der Waals surface area contributed by atoms with Crippen LogP contribution in [-0.2, 0) is 5.41 Å². The van der Waals surface area contributed by atoms with E-state index < -0.39 is 9.89 Å². The third-order valence-electron chi connectivity index (χ3n) is 2.97. The van der Waals surface area contributed by atoms with Crippen molar-refractivity contribution in [2.75, 3.05) is 6.54 Å². The van der Waals surface area contributed by atoms with Crippen LogP contribution in [-0.4, -0.2) is 31.2 Å². The first-order valence-corrected chi connectivity index (χ1v) is 8.23. The number of carbonyl (C=O) groups is 1. The summed E-state index contributed by atoms with van der Waals surface area (Å²) in [6.45, 7) is 5.85. The zero-order chi connectivity index (χ0) is 18.0. The number of aromatic nitrogens is 3. The molecule has 6 nitrogen and oxygen atoms in total. The van der Waals surface area contributed by atoms with Gasteiger partial charge in [-0.05, 0) is 12.1 Å². The lowest BCUT2D eigenvalue weighted by Crippen LogP contribution is -2.34. The summed E-state index contributed by atoms with van der Waals surface area (Å²) in [7, 11) is 0. The Kier molecular flexibility index (Phi) is 5.63. The minimum Gasteiger partial charge on any atom is -0.391 e. The molecule has 2 rings (SSSR count). The molecule has 0 aliphatic rings. The monoisotopic (exact) mass is 390 g/mol. The molecule has 2 aromatic heterocycles. The van der Waals surface area contributed by atoms with Crippen LogP contribution in [0.2, 0.25) is 0 Å². The molecule has 1 N–H and O–H groups in total. The molecule has 24 heavy (non-hydrogen) atoms. The standard InChI is InChI=1S/C15H17Cl3N4O2/c1-14(2,3)11-7-12(24-13(23)20-9-15(16,17)18)22(21-11)10-5-4-6-19-8-10/h4-8H,9H2,1-3H3,(H,20,23). The van der Waals surface area contributed by atoms with E-state index in [2.05, 4.69) is 15.4 Å². The Balaban J connectivity index is 2.28. The number of alkyl halides is 3. The Morgan fingerprint density at radius 2 is 2.04 bits per heavy atom. The minimum atomic E-state index is -1.60. The molecule has 0 saturated carbocycles. The van der Waals surface area contributed by atoms with Crippen molar-refractivity contribution >= 4 is 40.9 Å². The van der Waals surface area contributed by atoms with Crippen LogP contribution in [0, 0.1) is 0 Å². The molecule has 0 saturated heterocycles. The van der Waals surface area contributed by atoms with Gasteiger partial charge in [0, 0.05) is 17.7 Å². The quantitative estimate of drug-likeness (QED) is 0.802. The number of amides is 1. The average molecular weight is 392 g/mol. The van der Waals surface area contributed by atoms with Gasteiger partial charge in [0.1, 0.15) is 0 Å². The SMILES string of the molecule is CC(C)(C)c1cc(OC(=O)NCC(Cl)(Cl)Cl)n(-c2cccnc2)n1. The number of hydrogen-bond acceptors (Lipinski definition) is 4. The topological polar surface area (TPSA) is 69.0 Å². The van der Waals surface area contributed by atoms with E-state index in [1.165, 1.54) is 4.68 Å². The Morgan fingerprint density at radius 3 is 2.58 bits per heavy atom. The number of ether oxygens (including phenoxy) is 1. The Labute approximate surface area is 155 Å². The van der Waals surface area contributed by atoms with Crippen LogP contribution >= 0.6 is 34.8 Å². The van der Waals surface area contributed by atoms with E-state index in [0.29, 0.717) is 5.69 Å². The number of halogens is 3. The third-order valence-corrected chi connectivity index (χ3v) is 3.37. The van der Waals surface area contributed by atoms with Crippen LogP contribution in [0.25, 0.3) is 5.69 Å². The lowest BCUT2D eigenvalue weighted by Gasteiger charge is -2.13. The van der Waals surface area contributed by atoms with Crippen molar-refractivity contribution in [2.45, 2.75) is 30.0 Å². The van der Waals surface area contributed by atoms with Crippen molar-refractivity contribution in [3.63, 3.8) is 0 Å². The second-order valence-electron chi connectivity index (χ2n) is 6.10. The van der Waals surface area contributed by atoms with Crippen molar-refractivity contribution in [1.29, 1.82) is 0 Å². The van der Waals surface area contributed by atoms with Crippen LogP contribution in [0.5, 0.6) is 5.88 Å². The summed E-state index contributed by atoms with van der Waals surface area (Å²) in [5.74, 6) is 0.245. The number of pyridine rings is 1. The molecule has 0 bridgehead atoms. The molecule has 2 aromatic rings. The van der Waals surface area contributed by atoms with E-state index in [1.807, 2.05) is 20.8 Å². The van der Waals surface area contributed by atoms with Crippen LogP contribution in [0.4, 0.5) is 4.79 Å². The predicted octanol–water partition coefficient (Wildman–Crippen LogP) is 4.02. The Bertz CT molecular complexity index is 706. The largest absolute Gasteiger partial charge is 0.414 e.